The number of aromatic nitrogens is 3. The zero-order chi connectivity index (χ0) is 36.0. The van der Waals surface area contributed by atoms with Gasteiger partial charge in [0.05, 0.1) is 23.3 Å². The summed E-state index contributed by atoms with van der Waals surface area (Å²) >= 11 is 7.86. The first kappa shape index (κ1) is 34.2. The number of aliphatic imine (C=N–C) groups is 1. The second-order valence-electron chi connectivity index (χ2n) is 12.8. The van der Waals surface area contributed by atoms with Crippen LogP contribution in [0.25, 0.3) is 5.00 Å². The van der Waals surface area contributed by atoms with Crippen molar-refractivity contribution in [2.75, 3.05) is 18.4 Å². The Bertz CT molecular complexity index is 2140. The minimum atomic E-state index is -1.03. The summed E-state index contributed by atoms with van der Waals surface area (Å²) in [6.07, 6.45) is 1.54. The Morgan fingerprint density at radius 2 is 1.75 bits per heavy atom. The van der Waals surface area contributed by atoms with E-state index in [0.29, 0.717) is 42.5 Å². The molecule has 2 aromatic carbocycles. The van der Waals surface area contributed by atoms with E-state index in [9.17, 15) is 24.0 Å². The van der Waals surface area contributed by atoms with E-state index in [4.69, 9.17) is 16.6 Å². The number of thiophene rings is 1. The number of rotatable bonds is 10. The normalized spacial score (nSPS) is 18.1. The molecule has 0 aliphatic carbocycles. The van der Waals surface area contributed by atoms with Crippen molar-refractivity contribution in [2.24, 2.45) is 4.99 Å². The summed E-state index contributed by atoms with van der Waals surface area (Å²) in [5.74, 6) is -1.03. The van der Waals surface area contributed by atoms with Crippen LogP contribution < -0.4 is 16.0 Å². The lowest BCUT2D eigenvalue weighted by Crippen LogP contribution is -2.54. The topological polar surface area (TPSA) is 168 Å². The number of imide groups is 2. The largest absolute Gasteiger partial charge is 0.384 e. The summed E-state index contributed by atoms with van der Waals surface area (Å²) in [6.45, 7) is 6.96. The van der Waals surface area contributed by atoms with E-state index in [-0.39, 0.29) is 36.3 Å². The van der Waals surface area contributed by atoms with Crippen LogP contribution in [0.5, 0.6) is 0 Å². The highest BCUT2D eigenvalue weighted by Gasteiger charge is 2.45. The third-order valence-electron chi connectivity index (χ3n) is 9.45. The molecule has 3 aliphatic rings. The Morgan fingerprint density at radius 3 is 2.51 bits per heavy atom. The average Bonchev–Trinajstić information content (AvgIpc) is 3.68. The molecular formula is C36H35ClN8O5S. The van der Waals surface area contributed by atoms with Crippen molar-refractivity contribution in [3.05, 3.63) is 91.8 Å². The van der Waals surface area contributed by atoms with E-state index in [0.717, 1.165) is 43.0 Å². The Kier molecular flexibility index (Phi) is 9.29. The van der Waals surface area contributed by atoms with Gasteiger partial charge in [0.1, 0.15) is 22.9 Å². The fourth-order valence-corrected chi connectivity index (χ4v) is 8.08. The third-order valence-corrected chi connectivity index (χ3v) is 10.9. The first-order valence-corrected chi connectivity index (χ1v) is 17.9. The molecule has 7 rings (SSSR count). The standard InChI is InChI=1S/C36H35ClN8O5S/c1-18-19(2)51-36-29(18)31(21-9-11-22(37)12-10-21)40-25(32-43-42-20(3)44(32)36)17-28(47)39-16-5-4-15-38-24-8-6-7-23-30(24)35(50)45(34(23)49)26-13-14-27(46)41-33(26)48/h6-12,25-26,38H,4-5,13-17H2,1-3H3,(H,39,47)(H,41,46,48)/t25-,26?/m0/s1. The maximum Gasteiger partial charge on any atom is 0.264 e. The molecule has 51 heavy (non-hydrogen) atoms. The van der Waals surface area contributed by atoms with Crippen molar-refractivity contribution in [3.8, 4) is 5.00 Å². The van der Waals surface area contributed by atoms with Gasteiger partial charge >= 0.3 is 0 Å². The van der Waals surface area contributed by atoms with Gasteiger partial charge in [0.2, 0.25) is 17.7 Å². The van der Waals surface area contributed by atoms with Crippen molar-refractivity contribution in [1.82, 2.24) is 30.3 Å². The second kappa shape index (κ2) is 13.8. The van der Waals surface area contributed by atoms with Crippen LogP contribution in [-0.2, 0) is 14.4 Å². The molecular weight excluding hydrogens is 692 g/mol. The quantitative estimate of drug-likeness (QED) is 0.158. The van der Waals surface area contributed by atoms with E-state index < -0.39 is 35.7 Å². The number of hydrogen-bond acceptors (Lipinski definition) is 10. The van der Waals surface area contributed by atoms with Gasteiger partial charge < -0.3 is 10.6 Å². The van der Waals surface area contributed by atoms with Gasteiger partial charge in [-0.15, -0.1) is 21.5 Å². The van der Waals surface area contributed by atoms with Gasteiger partial charge in [-0.2, -0.15) is 0 Å². The van der Waals surface area contributed by atoms with Crippen LogP contribution in [0.4, 0.5) is 5.69 Å². The SMILES string of the molecule is Cc1sc2c(c1C)C(c1ccc(Cl)cc1)=N[C@@H](CC(=O)NCCCCNc1cccc3c1C(=O)N(C1CCC(=O)NC1=O)C3=O)c1nnc(C)n1-2. The lowest BCUT2D eigenvalue weighted by Gasteiger charge is -2.27. The van der Waals surface area contributed by atoms with Crippen LogP contribution in [0, 0.1) is 20.8 Å². The Balaban J connectivity index is 0.983. The summed E-state index contributed by atoms with van der Waals surface area (Å²) in [5, 5.41) is 18.9. The number of benzene rings is 2. The van der Waals surface area contributed by atoms with Crippen LogP contribution in [0.2, 0.25) is 5.02 Å². The van der Waals surface area contributed by atoms with Gasteiger partial charge in [-0.3, -0.25) is 43.7 Å². The predicted octanol–water partition coefficient (Wildman–Crippen LogP) is 4.60. The first-order valence-electron chi connectivity index (χ1n) is 16.7. The monoisotopic (exact) mass is 726 g/mol. The molecule has 1 unspecified atom stereocenters. The van der Waals surface area contributed by atoms with Gasteiger partial charge in [-0.05, 0) is 69.9 Å². The van der Waals surface area contributed by atoms with Gasteiger partial charge in [-0.25, -0.2) is 0 Å². The number of carbonyl (C=O) groups excluding carboxylic acids is 5. The van der Waals surface area contributed by atoms with Crippen LogP contribution in [0.3, 0.4) is 0 Å². The number of aryl methyl sites for hydroxylation is 2. The number of hydrogen-bond donors (Lipinski definition) is 3. The number of piperidine rings is 1. The third kappa shape index (κ3) is 6.33. The smallest absolute Gasteiger partial charge is 0.264 e. The molecule has 4 aromatic rings. The fraction of sp³-hybridized carbons (Fsp3) is 0.333. The number of amides is 5. The maximum atomic E-state index is 13.4. The van der Waals surface area contributed by atoms with E-state index >= 15 is 0 Å². The molecule has 1 fully saturated rings. The summed E-state index contributed by atoms with van der Waals surface area (Å²) in [7, 11) is 0. The van der Waals surface area contributed by atoms with Gasteiger partial charge in [0.25, 0.3) is 11.8 Å². The van der Waals surface area contributed by atoms with Gasteiger partial charge in [0.15, 0.2) is 5.82 Å². The molecule has 262 valence electrons. The molecule has 1 saturated heterocycles. The molecule has 3 N–H and O–H groups in total. The van der Waals surface area contributed by atoms with E-state index in [1.807, 2.05) is 35.8 Å². The Labute approximate surface area is 302 Å². The van der Waals surface area contributed by atoms with Crippen molar-refractivity contribution >= 4 is 63.9 Å². The minimum absolute atomic E-state index is 0.0558. The van der Waals surface area contributed by atoms with Gasteiger partial charge in [0, 0.05) is 46.2 Å². The maximum absolute atomic E-state index is 13.4. The van der Waals surface area contributed by atoms with Crippen LogP contribution in [0.1, 0.15) is 92.1 Å². The minimum Gasteiger partial charge on any atom is -0.384 e. The van der Waals surface area contributed by atoms with E-state index in [1.54, 1.807) is 29.5 Å². The molecule has 2 atom stereocenters. The Morgan fingerprint density at radius 1 is 0.980 bits per heavy atom. The zero-order valence-electron chi connectivity index (χ0n) is 28.2. The van der Waals surface area contributed by atoms with Crippen LogP contribution in [-0.4, -0.2) is 74.0 Å². The number of nitrogens with zero attached hydrogens (tertiary/aromatic N) is 5. The van der Waals surface area contributed by atoms with E-state index in [2.05, 4.69) is 40.0 Å². The average molecular weight is 727 g/mol. The fourth-order valence-electron chi connectivity index (χ4n) is 6.74. The van der Waals surface area contributed by atoms with Crippen LogP contribution in [0.15, 0.2) is 47.5 Å². The molecule has 5 amide bonds. The van der Waals surface area contributed by atoms with Crippen molar-refractivity contribution in [1.29, 1.82) is 0 Å². The zero-order valence-corrected chi connectivity index (χ0v) is 29.8. The first-order chi connectivity index (χ1) is 24.5. The molecule has 0 saturated carbocycles. The number of nitrogens with one attached hydrogen (secondary N) is 3. The highest BCUT2D eigenvalue weighted by atomic mass is 35.5. The molecule has 3 aliphatic heterocycles. The van der Waals surface area contributed by atoms with Crippen molar-refractivity contribution in [3.63, 3.8) is 0 Å². The summed E-state index contributed by atoms with van der Waals surface area (Å²) in [6, 6.07) is 10.9. The number of unbranched alkanes of at least 4 members (excludes halogenated alkanes) is 1. The number of anilines is 1. The number of carbonyl (C=O) groups is 5. The highest BCUT2D eigenvalue weighted by Crippen LogP contribution is 2.40. The second-order valence-corrected chi connectivity index (χ2v) is 14.4. The van der Waals surface area contributed by atoms with Crippen LogP contribution >= 0.6 is 22.9 Å². The summed E-state index contributed by atoms with van der Waals surface area (Å²) in [4.78, 5) is 71.1. The lowest BCUT2D eigenvalue weighted by molar-refractivity contribution is -0.136. The highest BCUT2D eigenvalue weighted by molar-refractivity contribution is 7.15. The molecule has 13 nitrogen and oxygen atoms in total. The molecule has 5 heterocycles. The van der Waals surface area contributed by atoms with Gasteiger partial charge in [-0.1, -0.05) is 29.8 Å². The van der Waals surface area contributed by atoms with Crippen molar-refractivity contribution < 1.29 is 24.0 Å². The lowest BCUT2D eigenvalue weighted by atomic mass is 9.99. The summed E-state index contributed by atoms with van der Waals surface area (Å²) < 4.78 is 2.01. The van der Waals surface area contributed by atoms with E-state index in [1.165, 1.54) is 0 Å². The van der Waals surface area contributed by atoms with Crippen molar-refractivity contribution in [2.45, 2.75) is 65.0 Å². The molecule has 15 heteroatoms. The predicted molar refractivity (Wildman–Crippen MR) is 192 cm³/mol. The molecule has 2 aromatic heterocycles. The number of fused-ring (bicyclic) bond motifs is 4. The molecule has 0 spiro atoms. The molecule has 0 radical (unpaired) electrons. The molecule has 0 bridgehead atoms. The Hall–Kier alpha value is -5.21. The number of halogens is 1. The summed E-state index contributed by atoms with van der Waals surface area (Å²) in [5.41, 5.74) is 4.71.